The zero-order valence-electron chi connectivity index (χ0n) is 8.74. The molecular formula is C11H13ClN2O. The zero-order valence-corrected chi connectivity index (χ0v) is 9.49. The van der Waals surface area contributed by atoms with Crippen LogP contribution in [0.15, 0.2) is 18.3 Å². The summed E-state index contributed by atoms with van der Waals surface area (Å²) >= 11 is 5.92. The van der Waals surface area contributed by atoms with E-state index in [0.717, 1.165) is 17.0 Å². The molecule has 1 N–H and O–H groups in total. The Balaban J connectivity index is 2.70. The Bertz CT molecular complexity index is 493. The summed E-state index contributed by atoms with van der Waals surface area (Å²) in [5.41, 5.74) is 2.50. The molecule has 0 amide bonds. The van der Waals surface area contributed by atoms with Crippen LogP contribution in [0.5, 0.6) is 0 Å². The number of rotatable bonds is 2. The standard InChI is InChI=1S/C11H13ClN2O/c1-3-9(15)11-7(2)13-10-5-4-8(12)6-14(10)11/h4-6,9,15H,3H2,1-2H3. The summed E-state index contributed by atoms with van der Waals surface area (Å²) in [6, 6.07) is 3.65. The summed E-state index contributed by atoms with van der Waals surface area (Å²) in [6.45, 7) is 3.84. The number of aliphatic hydroxyl groups excluding tert-OH is 1. The Hall–Kier alpha value is -1.06. The highest BCUT2D eigenvalue weighted by molar-refractivity contribution is 6.30. The third-order valence-corrected chi connectivity index (χ3v) is 2.73. The molecule has 0 radical (unpaired) electrons. The van der Waals surface area contributed by atoms with Gasteiger partial charge in [0.05, 0.1) is 22.5 Å². The van der Waals surface area contributed by atoms with Gasteiger partial charge in [0.25, 0.3) is 0 Å². The molecular weight excluding hydrogens is 212 g/mol. The van der Waals surface area contributed by atoms with Crippen LogP contribution in [0.4, 0.5) is 0 Å². The topological polar surface area (TPSA) is 37.5 Å². The number of halogens is 1. The second-order valence-electron chi connectivity index (χ2n) is 3.58. The molecule has 2 aromatic heterocycles. The first-order chi connectivity index (χ1) is 7.13. The molecule has 1 unspecified atom stereocenters. The molecule has 1 atom stereocenters. The molecule has 0 aliphatic rings. The van der Waals surface area contributed by atoms with Gasteiger partial charge in [0.1, 0.15) is 5.65 Å². The SMILES string of the molecule is CCC(O)c1c(C)nc2ccc(Cl)cn12. The first kappa shape index (κ1) is 10.5. The minimum absolute atomic E-state index is 0.488. The van der Waals surface area contributed by atoms with Crippen molar-refractivity contribution in [3.8, 4) is 0 Å². The van der Waals surface area contributed by atoms with Gasteiger partial charge < -0.3 is 5.11 Å². The monoisotopic (exact) mass is 224 g/mol. The lowest BCUT2D eigenvalue weighted by molar-refractivity contribution is 0.167. The number of nitrogens with zero attached hydrogens (tertiary/aromatic N) is 2. The van der Waals surface area contributed by atoms with Gasteiger partial charge in [0.2, 0.25) is 0 Å². The number of hydrogen-bond donors (Lipinski definition) is 1. The smallest absolute Gasteiger partial charge is 0.137 e. The molecule has 2 heterocycles. The van der Waals surface area contributed by atoms with E-state index in [1.165, 1.54) is 0 Å². The van der Waals surface area contributed by atoms with Crippen LogP contribution >= 0.6 is 11.6 Å². The molecule has 0 aromatic carbocycles. The Labute approximate surface area is 93.3 Å². The fourth-order valence-electron chi connectivity index (χ4n) is 1.75. The lowest BCUT2D eigenvalue weighted by atomic mass is 10.2. The normalized spacial score (nSPS) is 13.3. The average Bonchev–Trinajstić information content (AvgIpc) is 2.52. The number of hydrogen-bond acceptors (Lipinski definition) is 2. The molecule has 0 spiro atoms. The van der Waals surface area contributed by atoms with Crippen molar-refractivity contribution in [1.82, 2.24) is 9.38 Å². The Kier molecular flexibility index (Phi) is 2.67. The van der Waals surface area contributed by atoms with Crippen LogP contribution < -0.4 is 0 Å². The van der Waals surface area contributed by atoms with E-state index in [-0.39, 0.29) is 0 Å². The second-order valence-corrected chi connectivity index (χ2v) is 4.02. The molecule has 0 fully saturated rings. The van der Waals surface area contributed by atoms with Gasteiger partial charge >= 0.3 is 0 Å². The van der Waals surface area contributed by atoms with Crippen molar-refractivity contribution in [3.05, 3.63) is 34.7 Å². The maximum Gasteiger partial charge on any atom is 0.137 e. The number of aromatic nitrogens is 2. The second kappa shape index (κ2) is 3.83. The van der Waals surface area contributed by atoms with Crippen molar-refractivity contribution in [2.24, 2.45) is 0 Å². The van der Waals surface area contributed by atoms with E-state index in [1.54, 1.807) is 12.3 Å². The van der Waals surface area contributed by atoms with E-state index < -0.39 is 6.10 Å². The van der Waals surface area contributed by atoms with Gasteiger partial charge in [-0.2, -0.15) is 0 Å². The largest absolute Gasteiger partial charge is 0.387 e. The average molecular weight is 225 g/mol. The molecule has 3 nitrogen and oxygen atoms in total. The van der Waals surface area contributed by atoms with E-state index >= 15 is 0 Å². The molecule has 2 aromatic rings. The number of aryl methyl sites for hydroxylation is 1. The minimum Gasteiger partial charge on any atom is -0.387 e. The molecule has 4 heteroatoms. The van der Waals surface area contributed by atoms with Crippen LogP contribution in [0.25, 0.3) is 5.65 Å². The number of fused-ring (bicyclic) bond motifs is 1. The fourth-order valence-corrected chi connectivity index (χ4v) is 1.91. The number of pyridine rings is 1. The van der Waals surface area contributed by atoms with E-state index in [4.69, 9.17) is 11.6 Å². The quantitative estimate of drug-likeness (QED) is 0.852. The van der Waals surface area contributed by atoms with Gasteiger partial charge in [-0.15, -0.1) is 0 Å². The highest BCUT2D eigenvalue weighted by atomic mass is 35.5. The predicted molar refractivity (Wildman–Crippen MR) is 60.2 cm³/mol. The lowest BCUT2D eigenvalue weighted by Gasteiger charge is -2.08. The van der Waals surface area contributed by atoms with Crippen molar-refractivity contribution >= 4 is 17.2 Å². The van der Waals surface area contributed by atoms with E-state index in [9.17, 15) is 5.11 Å². The van der Waals surface area contributed by atoms with Gasteiger partial charge in [0, 0.05) is 6.20 Å². The third-order valence-electron chi connectivity index (χ3n) is 2.51. The molecule has 0 bridgehead atoms. The number of aliphatic hydroxyl groups is 1. The minimum atomic E-state index is -0.488. The number of imidazole rings is 1. The molecule has 2 rings (SSSR count). The first-order valence-corrected chi connectivity index (χ1v) is 5.33. The molecule has 0 saturated carbocycles. The van der Waals surface area contributed by atoms with Crippen LogP contribution in [0.3, 0.4) is 0 Å². The Morgan fingerprint density at radius 3 is 2.93 bits per heavy atom. The zero-order chi connectivity index (χ0) is 11.0. The molecule has 0 saturated heterocycles. The summed E-state index contributed by atoms with van der Waals surface area (Å²) in [7, 11) is 0. The summed E-state index contributed by atoms with van der Waals surface area (Å²) in [5, 5.41) is 10.5. The highest BCUT2D eigenvalue weighted by Gasteiger charge is 2.15. The van der Waals surface area contributed by atoms with Gasteiger partial charge in [0.15, 0.2) is 0 Å². The maximum atomic E-state index is 9.88. The van der Waals surface area contributed by atoms with Crippen molar-refractivity contribution < 1.29 is 5.11 Å². The van der Waals surface area contributed by atoms with E-state index in [2.05, 4.69) is 4.98 Å². The van der Waals surface area contributed by atoms with Crippen LogP contribution in [0.2, 0.25) is 5.02 Å². The summed E-state index contributed by atoms with van der Waals surface area (Å²) in [5.74, 6) is 0. The van der Waals surface area contributed by atoms with Crippen molar-refractivity contribution in [2.45, 2.75) is 26.4 Å². The molecule has 15 heavy (non-hydrogen) atoms. The van der Waals surface area contributed by atoms with E-state index in [0.29, 0.717) is 11.4 Å². The maximum absolute atomic E-state index is 9.88. The molecule has 0 aliphatic heterocycles. The summed E-state index contributed by atoms with van der Waals surface area (Å²) in [4.78, 5) is 4.37. The van der Waals surface area contributed by atoms with Gasteiger partial charge in [-0.05, 0) is 25.5 Å². The van der Waals surface area contributed by atoms with Crippen LogP contribution in [0.1, 0.15) is 30.8 Å². The highest BCUT2D eigenvalue weighted by Crippen LogP contribution is 2.23. The fraction of sp³-hybridized carbons (Fsp3) is 0.364. The summed E-state index contributed by atoms with van der Waals surface area (Å²) < 4.78 is 1.85. The van der Waals surface area contributed by atoms with Gasteiger partial charge in [-0.25, -0.2) is 4.98 Å². The van der Waals surface area contributed by atoms with Crippen molar-refractivity contribution in [2.75, 3.05) is 0 Å². The van der Waals surface area contributed by atoms with Gasteiger partial charge in [-0.1, -0.05) is 18.5 Å². The van der Waals surface area contributed by atoms with E-state index in [1.807, 2.05) is 24.3 Å². The summed E-state index contributed by atoms with van der Waals surface area (Å²) in [6.07, 6.45) is 1.96. The molecule has 0 aliphatic carbocycles. The third kappa shape index (κ3) is 1.73. The van der Waals surface area contributed by atoms with Crippen LogP contribution in [-0.2, 0) is 0 Å². The Morgan fingerprint density at radius 2 is 2.27 bits per heavy atom. The van der Waals surface area contributed by atoms with Crippen LogP contribution in [0, 0.1) is 6.92 Å². The van der Waals surface area contributed by atoms with Crippen molar-refractivity contribution in [1.29, 1.82) is 0 Å². The van der Waals surface area contributed by atoms with Crippen LogP contribution in [-0.4, -0.2) is 14.5 Å². The first-order valence-electron chi connectivity index (χ1n) is 4.95. The lowest BCUT2D eigenvalue weighted by Crippen LogP contribution is -2.01. The Morgan fingerprint density at radius 1 is 1.53 bits per heavy atom. The van der Waals surface area contributed by atoms with Crippen molar-refractivity contribution in [3.63, 3.8) is 0 Å². The predicted octanol–water partition coefficient (Wildman–Crippen LogP) is 2.74. The van der Waals surface area contributed by atoms with Gasteiger partial charge in [-0.3, -0.25) is 4.40 Å². The molecule has 80 valence electrons.